The standard InChI is InChI=1S/C56H38N2O/c1-5-19-39(20-6-1)41-23-17-29-45(35-41)57(43-25-9-3-10-26-43)51-37-53-55(49-33-15-13-31-47(49)51)56-50-34-16-14-32-48(50)52(38-54(56)59-53)58(44-27-11-4-12-28-44)46-30-18-24-42(36-46)40-21-7-2-8-22-40/h1-38H. The van der Waals surface area contributed by atoms with Crippen LogP contribution in [0, 0.1) is 0 Å². The Morgan fingerprint density at radius 1 is 0.254 bits per heavy atom. The Morgan fingerprint density at radius 2 is 0.576 bits per heavy atom. The molecular formula is C56H38N2O. The van der Waals surface area contributed by atoms with Crippen molar-refractivity contribution in [3.63, 3.8) is 0 Å². The highest BCUT2D eigenvalue weighted by Crippen LogP contribution is 2.49. The zero-order valence-corrected chi connectivity index (χ0v) is 32.2. The smallest absolute Gasteiger partial charge is 0.138 e. The lowest BCUT2D eigenvalue weighted by molar-refractivity contribution is 0.669. The van der Waals surface area contributed by atoms with Crippen LogP contribution in [0.4, 0.5) is 34.1 Å². The Balaban J connectivity index is 1.17. The molecule has 0 spiro atoms. The van der Waals surface area contributed by atoms with Crippen LogP contribution >= 0.6 is 0 Å². The van der Waals surface area contributed by atoms with Crippen molar-refractivity contribution < 1.29 is 4.42 Å². The van der Waals surface area contributed by atoms with E-state index in [1.54, 1.807) is 0 Å². The maximum absolute atomic E-state index is 7.13. The average Bonchev–Trinajstić information content (AvgIpc) is 3.69. The van der Waals surface area contributed by atoms with Gasteiger partial charge in [0.25, 0.3) is 0 Å². The van der Waals surface area contributed by atoms with E-state index in [2.05, 4.69) is 240 Å². The summed E-state index contributed by atoms with van der Waals surface area (Å²) in [5.74, 6) is 0. The van der Waals surface area contributed by atoms with Crippen molar-refractivity contribution in [1.82, 2.24) is 0 Å². The number of nitrogens with zero attached hydrogens (tertiary/aromatic N) is 2. The van der Waals surface area contributed by atoms with E-state index >= 15 is 0 Å². The summed E-state index contributed by atoms with van der Waals surface area (Å²) in [6.07, 6.45) is 0. The molecule has 0 unspecified atom stereocenters. The first-order chi connectivity index (χ1) is 29.3. The van der Waals surface area contributed by atoms with Gasteiger partial charge in [0.1, 0.15) is 11.2 Å². The van der Waals surface area contributed by atoms with Gasteiger partial charge in [-0.25, -0.2) is 0 Å². The van der Waals surface area contributed by atoms with Crippen LogP contribution in [0.1, 0.15) is 0 Å². The second kappa shape index (κ2) is 14.6. The summed E-state index contributed by atoms with van der Waals surface area (Å²) < 4.78 is 7.13. The molecule has 0 saturated carbocycles. The van der Waals surface area contributed by atoms with Crippen LogP contribution in [-0.4, -0.2) is 0 Å². The second-order valence-corrected chi connectivity index (χ2v) is 14.9. The topological polar surface area (TPSA) is 19.6 Å². The van der Waals surface area contributed by atoms with E-state index in [4.69, 9.17) is 4.42 Å². The number of furan rings is 1. The van der Waals surface area contributed by atoms with E-state index in [0.29, 0.717) is 0 Å². The van der Waals surface area contributed by atoms with E-state index < -0.39 is 0 Å². The fraction of sp³-hybridized carbons (Fsp3) is 0. The third kappa shape index (κ3) is 6.08. The van der Waals surface area contributed by atoms with Crippen molar-refractivity contribution in [2.75, 3.05) is 9.80 Å². The van der Waals surface area contributed by atoms with Crippen LogP contribution in [0.5, 0.6) is 0 Å². The molecule has 0 saturated heterocycles. The van der Waals surface area contributed by atoms with Gasteiger partial charge < -0.3 is 14.2 Å². The Hall–Kier alpha value is -7.88. The third-order valence-electron chi connectivity index (χ3n) is 11.4. The van der Waals surface area contributed by atoms with Gasteiger partial charge in [0, 0.05) is 56.4 Å². The van der Waals surface area contributed by atoms with E-state index in [0.717, 1.165) is 88.7 Å². The molecule has 11 rings (SSSR count). The van der Waals surface area contributed by atoms with Crippen molar-refractivity contribution in [2.24, 2.45) is 0 Å². The fourth-order valence-corrected chi connectivity index (χ4v) is 8.75. The molecule has 11 aromatic rings. The lowest BCUT2D eigenvalue weighted by atomic mass is 9.96. The summed E-state index contributed by atoms with van der Waals surface area (Å²) in [7, 11) is 0. The van der Waals surface area contributed by atoms with Gasteiger partial charge in [-0.05, 0) is 81.6 Å². The molecule has 0 amide bonds. The summed E-state index contributed by atoms with van der Waals surface area (Å²) >= 11 is 0. The monoisotopic (exact) mass is 754 g/mol. The molecule has 0 N–H and O–H groups in total. The Labute approximate surface area is 343 Å². The molecule has 278 valence electrons. The molecule has 0 radical (unpaired) electrons. The van der Waals surface area contributed by atoms with Crippen molar-refractivity contribution >= 4 is 77.6 Å². The number of hydrogen-bond acceptors (Lipinski definition) is 3. The molecule has 3 heteroatoms. The predicted molar refractivity (Wildman–Crippen MR) is 249 cm³/mol. The van der Waals surface area contributed by atoms with E-state index in [-0.39, 0.29) is 0 Å². The first kappa shape index (κ1) is 34.4. The number of para-hydroxylation sites is 2. The second-order valence-electron chi connectivity index (χ2n) is 14.9. The van der Waals surface area contributed by atoms with Crippen molar-refractivity contribution in [3.8, 4) is 22.3 Å². The van der Waals surface area contributed by atoms with Gasteiger partial charge in [-0.1, -0.05) is 170 Å². The maximum atomic E-state index is 7.13. The van der Waals surface area contributed by atoms with Crippen LogP contribution in [0.2, 0.25) is 0 Å². The lowest BCUT2D eigenvalue weighted by Crippen LogP contribution is -2.10. The van der Waals surface area contributed by atoms with Crippen LogP contribution in [-0.2, 0) is 0 Å². The van der Waals surface area contributed by atoms with E-state index in [1.165, 1.54) is 11.1 Å². The summed E-state index contributed by atoms with van der Waals surface area (Å²) in [5, 5.41) is 6.82. The van der Waals surface area contributed by atoms with Crippen molar-refractivity contribution in [2.45, 2.75) is 0 Å². The molecule has 0 aliphatic rings. The first-order valence-electron chi connectivity index (χ1n) is 20.1. The largest absolute Gasteiger partial charge is 0.456 e. The van der Waals surface area contributed by atoms with Crippen LogP contribution in [0.3, 0.4) is 0 Å². The number of anilines is 6. The minimum atomic E-state index is 0.841. The van der Waals surface area contributed by atoms with Crippen LogP contribution < -0.4 is 9.80 Å². The van der Waals surface area contributed by atoms with Crippen LogP contribution in [0.25, 0.3) is 65.7 Å². The third-order valence-corrected chi connectivity index (χ3v) is 11.4. The Bertz CT molecular complexity index is 3050. The molecule has 1 heterocycles. The van der Waals surface area contributed by atoms with Gasteiger partial charge in [-0.3, -0.25) is 0 Å². The summed E-state index contributed by atoms with van der Waals surface area (Å²) in [6.45, 7) is 0. The highest BCUT2D eigenvalue weighted by Gasteiger charge is 2.24. The van der Waals surface area contributed by atoms with Crippen molar-refractivity contribution in [3.05, 3.63) is 231 Å². The molecule has 10 aromatic carbocycles. The molecule has 0 aliphatic carbocycles. The number of rotatable bonds is 8. The lowest BCUT2D eigenvalue weighted by Gasteiger charge is -2.27. The van der Waals surface area contributed by atoms with Crippen molar-refractivity contribution in [1.29, 1.82) is 0 Å². The van der Waals surface area contributed by atoms with Gasteiger partial charge in [0.2, 0.25) is 0 Å². The number of hydrogen-bond donors (Lipinski definition) is 0. The van der Waals surface area contributed by atoms with Crippen LogP contribution in [0.15, 0.2) is 235 Å². The molecule has 1 aromatic heterocycles. The highest BCUT2D eigenvalue weighted by atomic mass is 16.3. The zero-order valence-electron chi connectivity index (χ0n) is 32.2. The predicted octanol–water partition coefficient (Wildman–Crippen LogP) is 16.2. The van der Waals surface area contributed by atoms with Gasteiger partial charge >= 0.3 is 0 Å². The zero-order chi connectivity index (χ0) is 39.1. The molecule has 0 bridgehead atoms. The Morgan fingerprint density at radius 3 is 0.983 bits per heavy atom. The van der Waals surface area contributed by atoms with Gasteiger partial charge in [-0.15, -0.1) is 0 Å². The minimum Gasteiger partial charge on any atom is -0.456 e. The van der Waals surface area contributed by atoms with Gasteiger partial charge in [0.15, 0.2) is 0 Å². The molecule has 0 aliphatic heterocycles. The minimum absolute atomic E-state index is 0.841. The average molecular weight is 755 g/mol. The highest BCUT2D eigenvalue weighted by molar-refractivity contribution is 6.30. The van der Waals surface area contributed by atoms with Gasteiger partial charge in [0.05, 0.1) is 11.4 Å². The molecule has 59 heavy (non-hydrogen) atoms. The van der Waals surface area contributed by atoms with E-state index in [9.17, 15) is 0 Å². The normalized spacial score (nSPS) is 11.4. The molecule has 0 fully saturated rings. The first-order valence-corrected chi connectivity index (χ1v) is 20.1. The molecular weight excluding hydrogens is 717 g/mol. The quantitative estimate of drug-likeness (QED) is 0.154. The SMILES string of the molecule is c1ccc(-c2cccc(N(c3ccccc3)c3cc4oc5cc(N(c6ccccc6)c6cccc(-c7ccccc7)c6)c6ccccc6c5c4c4ccccc34)c2)cc1. The molecule has 0 atom stereocenters. The molecule has 3 nitrogen and oxygen atoms in total. The summed E-state index contributed by atoms with van der Waals surface area (Å²) in [5.41, 5.74) is 12.8. The van der Waals surface area contributed by atoms with Gasteiger partial charge in [-0.2, -0.15) is 0 Å². The summed E-state index contributed by atoms with van der Waals surface area (Å²) in [4.78, 5) is 4.73. The number of benzene rings is 10. The number of fused-ring (bicyclic) bond motifs is 7. The summed E-state index contributed by atoms with van der Waals surface area (Å²) in [6, 6.07) is 82.1. The fourth-order valence-electron chi connectivity index (χ4n) is 8.75. The Kier molecular flexibility index (Phi) is 8.49. The van der Waals surface area contributed by atoms with E-state index in [1.807, 2.05) is 0 Å². The maximum Gasteiger partial charge on any atom is 0.138 e.